The Morgan fingerprint density at radius 1 is 1.09 bits per heavy atom. The van der Waals surface area contributed by atoms with Crippen LogP contribution in [0.15, 0.2) is 73.3 Å². The van der Waals surface area contributed by atoms with Crippen molar-refractivity contribution in [3.8, 4) is 0 Å². The normalized spacial score (nSPS) is 13.8. The van der Waals surface area contributed by atoms with Crippen LogP contribution in [0.5, 0.6) is 0 Å². The largest absolute Gasteiger partial charge is 0.347 e. The van der Waals surface area contributed by atoms with E-state index in [-0.39, 0.29) is 11.8 Å². The first-order chi connectivity index (χ1) is 15.7. The summed E-state index contributed by atoms with van der Waals surface area (Å²) in [5, 5.41) is 3.78. The summed E-state index contributed by atoms with van der Waals surface area (Å²) in [4.78, 5) is 36.3. The summed E-state index contributed by atoms with van der Waals surface area (Å²) in [6, 6.07) is 13.2. The fraction of sp³-hybridized carbons (Fsp3) is 0.167. The summed E-state index contributed by atoms with van der Waals surface area (Å²) < 4.78 is 1.92. The van der Waals surface area contributed by atoms with Gasteiger partial charge in [-0.1, -0.05) is 24.3 Å². The molecule has 0 radical (unpaired) electrons. The third-order valence-electron chi connectivity index (χ3n) is 5.44. The van der Waals surface area contributed by atoms with E-state index in [2.05, 4.69) is 15.3 Å². The number of fused-ring (bicyclic) bond motifs is 1. The van der Waals surface area contributed by atoms with Crippen LogP contribution >= 0.6 is 11.3 Å². The minimum absolute atomic E-state index is 0.0358. The van der Waals surface area contributed by atoms with Crippen LogP contribution in [-0.4, -0.2) is 44.2 Å². The molecule has 0 saturated heterocycles. The Kier molecular flexibility index (Phi) is 5.51. The lowest BCUT2D eigenvalue weighted by atomic mass is 10.1. The van der Waals surface area contributed by atoms with Crippen LogP contribution in [0.3, 0.4) is 0 Å². The highest BCUT2D eigenvalue weighted by Crippen LogP contribution is 2.27. The minimum Gasteiger partial charge on any atom is -0.347 e. The smallest absolute Gasteiger partial charge is 0.263 e. The van der Waals surface area contributed by atoms with Gasteiger partial charge in [0.1, 0.15) is 15.5 Å². The van der Waals surface area contributed by atoms with E-state index in [1.165, 1.54) is 11.3 Å². The monoisotopic (exact) mass is 443 g/mol. The maximum absolute atomic E-state index is 12.6. The topological polar surface area (TPSA) is 79.6 Å². The predicted molar refractivity (Wildman–Crippen MR) is 123 cm³/mol. The summed E-state index contributed by atoms with van der Waals surface area (Å²) in [5.74, 6) is -0.108. The van der Waals surface area contributed by atoms with Gasteiger partial charge >= 0.3 is 0 Å². The van der Waals surface area contributed by atoms with Crippen molar-refractivity contribution in [3.05, 3.63) is 94.3 Å². The molecule has 3 aromatic heterocycles. The zero-order valence-corrected chi connectivity index (χ0v) is 18.1. The Morgan fingerprint density at radius 3 is 2.78 bits per heavy atom. The van der Waals surface area contributed by atoms with Crippen molar-refractivity contribution in [1.29, 1.82) is 0 Å². The number of aromatic nitrogens is 3. The van der Waals surface area contributed by atoms with Crippen LogP contribution in [0.2, 0.25) is 0 Å². The van der Waals surface area contributed by atoms with E-state index in [1.54, 1.807) is 12.4 Å². The molecule has 1 N–H and O–H groups in total. The van der Waals surface area contributed by atoms with E-state index < -0.39 is 0 Å². The first-order valence-electron chi connectivity index (χ1n) is 10.4. The molecule has 0 fully saturated rings. The molecule has 0 saturated carbocycles. The van der Waals surface area contributed by atoms with E-state index in [0.717, 1.165) is 28.2 Å². The van der Waals surface area contributed by atoms with E-state index in [4.69, 9.17) is 0 Å². The van der Waals surface area contributed by atoms with Gasteiger partial charge in [0.25, 0.3) is 11.8 Å². The number of benzene rings is 1. The van der Waals surface area contributed by atoms with Gasteiger partial charge in [0.05, 0.1) is 6.20 Å². The van der Waals surface area contributed by atoms with Crippen LogP contribution in [0.1, 0.15) is 37.0 Å². The van der Waals surface area contributed by atoms with Gasteiger partial charge in [-0.15, -0.1) is 11.3 Å². The van der Waals surface area contributed by atoms with Gasteiger partial charge in [-0.25, -0.2) is 9.97 Å². The average molecular weight is 444 g/mol. The molecular formula is C24H21N5O2S. The lowest BCUT2D eigenvalue weighted by molar-refractivity contribution is 0.0772. The van der Waals surface area contributed by atoms with Gasteiger partial charge in [0.2, 0.25) is 0 Å². The summed E-state index contributed by atoms with van der Waals surface area (Å²) >= 11 is 1.38. The van der Waals surface area contributed by atoms with Crippen LogP contribution in [0.4, 0.5) is 0 Å². The Balaban J connectivity index is 1.20. The zero-order chi connectivity index (χ0) is 21.9. The van der Waals surface area contributed by atoms with Gasteiger partial charge in [0.15, 0.2) is 0 Å². The summed E-state index contributed by atoms with van der Waals surface area (Å²) in [5.41, 5.74) is 3.61. The maximum Gasteiger partial charge on any atom is 0.263 e. The van der Waals surface area contributed by atoms with E-state index in [1.807, 2.05) is 70.2 Å². The molecule has 1 aromatic carbocycles. The van der Waals surface area contributed by atoms with Gasteiger partial charge in [0, 0.05) is 43.8 Å². The number of pyridine rings is 1. The van der Waals surface area contributed by atoms with E-state index >= 15 is 0 Å². The van der Waals surface area contributed by atoms with Crippen molar-refractivity contribution in [3.63, 3.8) is 0 Å². The number of nitrogens with one attached hydrogen (secondary N) is 1. The van der Waals surface area contributed by atoms with Crippen LogP contribution < -0.4 is 5.32 Å². The average Bonchev–Trinajstić information content (AvgIpc) is 3.52. The molecule has 7 nitrogen and oxygen atoms in total. The molecule has 0 bridgehead atoms. The molecule has 32 heavy (non-hydrogen) atoms. The number of carbonyl (C=O) groups excluding carboxylic acids is 2. The quantitative estimate of drug-likeness (QED) is 0.511. The molecule has 0 aliphatic carbocycles. The lowest BCUT2D eigenvalue weighted by Crippen LogP contribution is -2.34. The Hall–Kier alpha value is -3.78. The van der Waals surface area contributed by atoms with Gasteiger partial charge in [-0.2, -0.15) is 0 Å². The maximum atomic E-state index is 12.6. The van der Waals surface area contributed by atoms with E-state index in [9.17, 15) is 9.59 Å². The standard InChI is InChI=1S/C24H21N5O2S/c30-22(26-15-17-6-10-28-13-9-25-21(28)14-17)20-16-27-23(32-20)18-7-11-29(12-8-18)24(31)19-4-2-1-3-5-19/h1-7,9-10,13-14,16H,8,11-12,15H2,(H,26,30). The number of carbonyl (C=O) groups is 2. The highest BCUT2D eigenvalue weighted by atomic mass is 32.1. The molecule has 1 aliphatic heterocycles. The van der Waals surface area contributed by atoms with Crippen molar-refractivity contribution in [2.24, 2.45) is 0 Å². The third-order valence-corrected chi connectivity index (χ3v) is 6.51. The Labute approximate surface area is 189 Å². The van der Waals surface area contributed by atoms with E-state index in [0.29, 0.717) is 30.1 Å². The fourth-order valence-electron chi connectivity index (χ4n) is 3.67. The lowest BCUT2D eigenvalue weighted by Gasteiger charge is -2.26. The van der Waals surface area contributed by atoms with Crippen molar-refractivity contribution in [2.75, 3.05) is 13.1 Å². The van der Waals surface area contributed by atoms with Crippen molar-refractivity contribution in [1.82, 2.24) is 24.6 Å². The number of imidazole rings is 1. The fourth-order valence-corrected chi connectivity index (χ4v) is 4.57. The van der Waals surface area contributed by atoms with Gasteiger partial charge in [-0.05, 0) is 41.8 Å². The number of nitrogens with zero attached hydrogens (tertiary/aromatic N) is 4. The summed E-state index contributed by atoms with van der Waals surface area (Å²) in [6.07, 6.45) is 9.92. The molecule has 0 unspecified atom stereocenters. The molecule has 1 aliphatic rings. The number of hydrogen-bond acceptors (Lipinski definition) is 5. The van der Waals surface area contributed by atoms with Gasteiger partial charge < -0.3 is 14.6 Å². The second-order valence-electron chi connectivity index (χ2n) is 7.54. The molecule has 4 aromatic rings. The first kappa shape index (κ1) is 20.1. The molecule has 4 heterocycles. The second kappa shape index (κ2) is 8.76. The Morgan fingerprint density at radius 2 is 1.97 bits per heavy atom. The van der Waals surface area contributed by atoms with Crippen LogP contribution in [0.25, 0.3) is 11.2 Å². The number of thiazole rings is 1. The molecular weight excluding hydrogens is 422 g/mol. The van der Waals surface area contributed by atoms with Crippen LogP contribution in [-0.2, 0) is 6.54 Å². The molecule has 8 heteroatoms. The van der Waals surface area contributed by atoms with Crippen molar-refractivity contribution >= 4 is 34.4 Å². The molecule has 0 atom stereocenters. The van der Waals surface area contributed by atoms with Crippen molar-refractivity contribution in [2.45, 2.75) is 13.0 Å². The molecule has 5 rings (SSSR count). The number of rotatable bonds is 5. The minimum atomic E-state index is -0.144. The molecule has 0 spiro atoms. The molecule has 160 valence electrons. The SMILES string of the molecule is O=C(NCc1ccn2ccnc2c1)c1cnc(C2=CCN(C(=O)c3ccccc3)CC2)s1. The molecule has 2 amide bonds. The first-order valence-corrected chi connectivity index (χ1v) is 11.2. The summed E-state index contributed by atoms with van der Waals surface area (Å²) in [7, 11) is 0. The predicted octanol–water partition coefficient (Wildman–Crippen LogP) is 3.65. The number of amides is 2. The zero-order valence-electron chi connectivity index (χ0n) is 17.3. The van der Waals surface area contributed by atoms with Crippen LogP contribution in [0, 0.1) is 0 Å². The van der Waals surface area contributed by atoms with Gasteiger partial charge in [-0.3, -0.25) is 9.59 Å². The second-order valence-corrected chi connectivity index (χ2v) is 8.57. The summed E-state index contributed by atoms with van der Waals surface area (Å²) in [6.45, 7) is 1.60. The third kappa shape index (κ3) is 4.17. The Bertz CT molecular complexity index is 1310. The highest BCUT2D eigenvalue weighted by molar-refractivity contribution is 7.14. The highest BCUT2D eigenvalue weighted by Gasteiger charge is 2.21. The number of hydrogen-bond donors (Lipinski definition) is 1. The van der Waals surface area contributed by atoms with Crippen molar-refractivity contribution < 1.29 is 9.59 Å².